The molecule has 2 heterocycles. The van der Waals surface area contributed by atoms with Gasteiger partial charge in [-0.2, -0.15) is 0 Å². The fourth-order valence-electron chi connectivity index (χ4n) is 1.76. The molecule has 0 atom stereocenters. The Labute approximate surface area is 131 Å². The standard InChI is InChI=1S/C14H13F2N3O3S/c1-14(15,16)9-5-6-11(18-8-9)19-13(20)12-10(23(2,21)22)4-3-7-17-12/h3-8H,1-2H3,(H,18,19,20). The Morgan fingerprint density at radius 3 is 2.43 bits per heavy atom. The van der Waals surface area contributed by atoms with Crippen LogP contribution in [-0.2, 0) is 15.8 Å². The van der Waals surface area contributed by atoms with Crippen molar-refractivity contribution in [2.45, 2.75) is 17.7 Å². The Hall–Kier alpha value is -2.42. The number of halogens is 2. The van der Waals surface area contributed by atoms with E-state index in [-0.39, 0.29) is 22.0 Å². The molecule has 0 aliphatic carbocycles. The minimum atomic E-state index is -3.64. The molecule has 0 aliphatic rings. The monoisotopic (exact) mass is 341 g/mol. The van der Waals surface area contributed by atoms with E-state index in [9.17, 15) is 22.0 Å². The van der Waals surface area contributed by atoms with Crippen LogP contribution >= 0.6 is 0 Å². The number of pyridine rings is 2. The molecule has 9 heteroatoms. The van der Waals surface area contributed by atoms with Crippen molar-refractivity contribution >= 4 is 21.6 Å². The fraction of sp³-hybridized carbons (Fsp3) is 0.214. The van der Waals surface area contributed by atoms with Crippen LogP contribution in [0.4, 0.5) is 14.6 Å². The molecule has 23 heavy (non-hydrogen) atoms. The first-order valence-corrected chi connectivity index (χ1v) is 8.29. The Morgan fingerprint density at radius 2 is 1.91 bits per heavy atom. The minimum absolute atomic E-state index is 0.00750. The molecular weight excluding hydrogens is 328 g/mol. The quantitative estimate of drug-likeness (QED) is 0.921. The normalized spacial score (nSPS) is 12.0. The molecule has 0 fully saturated rings. The molecule has 122 valence electrons. The largest absolute Gasteiger partial charge is 0.305 e. The Balaban J connectivity index is 2.27. The van der Waals surface area contributed by atoms with E-state index in [0.29, 0.717) is 0 Å². The van der Waals surface area contributed by atoms with Gasteiger partial charge in [0.15, 0.2) is 9.84 Å². The highest BCUT2D eigenvalue weighted by atomic mass is 32.2. The molecule has 1 amide bonds. The molecule has 0 saturated carbocycles. The summed E-state index contributed by atoms with van der Waals surface area (Å²) in [5.74, 6) is -3.83. The van der Waals surface area contributed by atoms with Crippen molar-refractivity contribution in [2.24, 2.45) is 0 Å². The lowest BCUT2D eigenvalue weighted by molar-refractivity contribution is 0.0171. The average molecular weight is 341 g/mol. The van der Waals surface area contributed by atoms with Gasteiger partial charge < -0.3 is 5.32 Å². The lowest BCUT2D eigenvalue weighted by Gasteiger charge is -2.11. The van der Waals surface area contributed by atoms with Crippen molar-refractivity contribution in [1.29, 1.82) is 0 Å². The second-order valence-electron chi connectivity index (χ2n) is 4.90. The first-order valence-electron chi connectivity index (χ1n) is 6.40. The van der Waals surface area contributed by atoms with Gasteiger partial charge in [-0.1, -0.05) is 0 Å². The summed E-state index contributed by atoms with van der Waals surface area (Å²) in [6.45, 7) is 0.731. The van der Waals surface area contributed by atoms with Gasteiger partial charge in [0.1, 0.15) is 11.5 Å². The average Bonchev–Trinajstić information content (AvgIpc) is 2.46. The predicted octanol–water partition coefficient (Wildman–Crippen LogP) is 2.24. The SMILES string of the molecule is CC(F)(F)c1ccc(NC(=O)c2ncccc2S(C)(=O)=O)nc1. The molecule has 0 aromatic carbocycles. The zero-order chi connectivity index (χ0) is 17.3. The van der Waals surface area contributed by atoms with Crippen LogP contribution in [0.25, 0.3) is 0 Å². The van der Waals surface area contributed by atoms with Gasteiger partial charge >= 0.3 is 0 Å². The molecule has 2 aromatic heterocycles. The molecule has 0 spiro atoms. The summed E-state index contributed by atoms with van der Waals surface area (Å²) in [4.78, 5) is 19.4. The summed E-state index contributed by atoms with van der Waals surface area (Å²) < 4.78 is 49.5. The van der Waals surface area contributed by atoms with E-state index in [1.54, 1.807) is 0 Å². The van der Waals surface area contributed by atoms with Crippen molar-refractivity contribution < 1.29 is 22.0 Å². The van der Waals surface area contributed by atoms with E-state index < -0.39 is 21.7 Å². The Morgan fingerprint density at radius 1 is 1.22 bits per heavy atom. The number of aromatic nitrogens is 2. The number of amides is 1. The van der Waals surface area contributed by atoms with Crippen molar-refractivity contribution in [2.75, 3.05) is 11.6 Å². The molecule has 0 radical (unpaired) electrons. The van der Waals surface area contributed by atoms with E-state index >= 15 is 0 Å². The van der Waals surface area contributed by atoms with Gasteiger partial charge in [-0.3, -0.25) is 4.79 Å². The number of carbonyl (C=O) groups is 1. The van der Waals surface area contributed by atoms with Gasteiger partial charge in [0.05, 0.1) is 4.90 Å². The highest BCUT2D eigenvalue weighted by Gasteiger charge is 2.25. The summed E-state index contributed by atoms with van der Waals surface area (Å²) in [6, 6.07) is 4.97. The summed E-state index contributed by atoms with van der Waals surface area (Å²) in [5.41, 5.74) is -0.591. The molecule has 6 nitrogen and oxygen atoms in total. The molecule has 0 saturated heterocycles. The number of alkyl halides is 2. The molecule has 2 rings (SSSR count). The lowest BCUT2D eigenvalue weighted by atomic mass is 10.2. The predicted molar refractivity (Wildman–Crippen MR) is 79.1 cm³/mol. The van der Waals surface area contributed by atoms with Crippen molar-refractivity contribution in [3.05, 3.63) is 47.9 Å². The van der Waals surface area contributed by atoms with E-state index in [2.05, 4.69) is 15.3 Å². The van der Waals surface area contributed by atoms with Crippen LogP contribution in [0.2, 0.25) is 0 Å². The van der Waals surface area contributed by atoms with Crippen molar-refractivity contribution in [3.63, 3.8) is 0 Å². The molecule has 2 aromatic rings. The van der Waals surface area contributed by atoms with E-state index in [4.69, 9.17) is 0 Å². The topological polar surface area (TPSA) is 89.0 Å². The van der Waals surface area contributed by atoms with Crippen LogP contribution in [0, 0.1) is 0 Å². The van der Waals surface area contributed by atoms with Gasteiger partial charge in [0.25, 0.3) is 11.8 Å². The number of sulfone groups is 1. The maximum absolute atomic E-state index is 13.1. The van der Waals surface area contributed by atoms with Crippen LogP contribution in [0.5, 0.6) is 0 Å². The number of hydrogen-bond acceptors (Lipinski definition) is 5. The molecular formula is C14H13F2N3O3S. The second-order valence-corrected chi connectivity index (χ2v) is 6.88. The van der Waals surface area contributed by atoms with Crippen LogP contribution in [-0.4, -0.2) is 30.5 Å². The lowest BCUT2D eigenvalue weighted by Crippen LogP contribution is -2.18. The van der Waals surface area contributed by atoms with Crippen molar-refractivity contribution in [3.8, 4) is 0 Å². The summed E-state index contributed by atoms with van der Waals surface area (Å²) in [7, 11) is -3.64. The van der Waals surface area contributed by atoms with E-state index in [1.807, 2.05) is 0 Å². The highest BCUT2D eigenvalue weighted by Crippen LogP contribution is 2.26. The summed E-state index contributed by atoms with van der Waals surface area (Å²) >= 11 is 0. The maximum atomic E-state index is 13.1. The number of nitrogens with one attached hydrogen (secondary N) is 1. The smallest absolute Gasteiger partial charge is 0.276 e. The first kappa shape index (κ1) is 16.9. The molecule has 0 bridgehead atoms. The number of nitrogens with zero attached hydrogens (tertiary/aromatic N) is 2. The number of hydrogen-bond donors (Lipinski definition) is 1. The molecule has 0 aliphatic heterocycles. The van der Waals surface area contributed by atoms with Crippen molar-refractivity contribution in [1.82, 2.24) is 9.97 Å². The van der Waals surface area contributed by atoms with Gasteiger partial charge in [-0.25, -0.2) is 27.2 Å². The Bertz CT molecular complexity index is 831. The van der Waals surface area contributed by atoms with Crippen LogP contribution < -0.4 is 5.32 Å². The van der Waals surface area contributed by atoms with Gasteiger partial charge in [-0.05, 0) is 24.3 Å². The highest BCUT2D eigenvalue weighted by molar-refractivity contribution is 7.90. The van der Waals surface area contributed by atoms with Gasteiger partial charge in [-0.15, -0.1) is 0 Å². The summed E-state index contributed by atoms with van der Waals surface area (Å²) in [6.07, 6.45) is 3.17. The van der Waals surface area contributed by atoms with Crippen LogP contribution in [0.1, 0.15) is 23.0 Å². The first-order chi connectivity index (χ1) is 10.6. The van der Waals surface area contributed by atoms with Gasteiger partial charge in [0, 0.05) is 31.1 Å². The molecule has 1 N–H and O–H groups in total. The fourth-order valence-corrected chi connectivity index (χ4v) is 2.59. The second kappa shape index (κ2) is 5.99. The number of carbonyl (C=O) groups excluding carboxylic acids is 1. The Kier molecular flexibility index (Phi) is 4.42. The summed E-state index contributed by atoms with van der Waals surface area (Å²) in [5, 5.41) is 2.33. The van der Waals surface area contributed by atoms with E-state index in [1.165, 1.54) is 24.4 Å². The number of rotatable bonds is 4. The third-order valence-electron chi connectivity index (χ3n) is 2.90. The zero-order valence-electron chi connectivity index (χ0n) is 12.2. The maximum Gasteiger partial charge on any atom is 0.276 e. The third kappa shape index (κ3) is 4.07. The van der Waals surface area contributed by atoms with E-state index in [0.717, 1.165) is 25.4 Å². The van der Waals surface area contributed by atoms with Crippen LogP contribution in [0.15, 0.2) is 41.6 Å². The number of anilines is 1. The minimum Gasteiger partial charge on any atom is -0.305 e. The zero-order valence-corrected chi connectivity index (χ0v) is 13.1. The van der Waals surface area contributed by atoms with Crippen LogP contribution in [0.3, 0.4) is 0 Å². The molecule has 0 unspecified atom stereocenters. The van der Waals surface area contributed by atoms with Gasteiger partial charge in [0.2, 0.25) is 0 Å². The third-order valence-corrected chi connectivity index (χ3v) is 4.03.